The first-order valence-corrected chi connectivity index (χ1v) is 7.49. The molecule has 0 amide bonds. The molecule has 0 aromatic carbocycles. The van der Waals surface area contributed by atoms with Crippen molar-refractivity contribution in [2.24, 2.45) is 0 Å². The summed E-state index contributed by atoms with van der Waals surface area (Å²) in [4.78, 5) is 11.0. The summed E-state index contributed by atoms with van der Waals surface area (Å²) in [6.07, 6.45) is 0.332. The highest BCUT2D eigenvalue weighted by molar-refractivity contribution is 6.72. The van der Waals surface area contributed by atoms with Gasteiger partial charge in [0, 0.05) is 0 Å². The van der Waals surface area contributed by atoms with Crippen molar-refractivity contribution in [1.29, 1.82) is 0 Å². The Kier molecular flexibility index (Phi) is 4.97. The van der Waals surface area contributed by atoms with Gasteiger partial charge in [-0.25, -0.2) is 4.79 Å². The molecular weight excluding hydrogens is 172 g/mol. The Morgan fingerprint density at radius 1 is 1.33 bits per heavy atom. The second kappa shape index (κ2) is 5.19. The molecule has 0 aliphatic heterocycles. The van der Waals surface area contributed by atoms with Gasteiger partial charge in [0.05, 0.1) is 6.61 Å². The molecule has 3 nitrogen and oxygen atoms in total. The summed E-state index contributed by atoms with van der Waals surface area (Å²) in [5, 5.41) is 0. The van der Waals surface area contributed by atoms with E-state index in [0.29, 0.717) is 6.61 Å². The minimum atomic E-state index is -1.76. The first-order valence-electron chi connectivity index (χ1n) is 4.37. The summed E-state index contributed by atoms with van der Waals surface area (Å²) < 4.78 is 9.97. The van der Waals surface area contributed by atoms with Crippen LogP contribution in [0.2, 0.25) is 19.1 Å². The second-order valence-electron chi connectivity index (χ2n) is 3.31. The molecule has 0 aliphatic rings. The van der Waals surface area contributed by atoms with Crippen LogP contribution in [0.25, 0.3) is 0 Å². The fourth-order valence-corrected chi connectivity index (χ4v) is 1.17. The van der Waals surface area contributed by atoms with Crippen LogP contribution in [0, 0.1) is 0 Å². The third-order valence-electron chi connectivity index (χ3n) is 1.64. The van der Waals surface area contributed by atoms with Gasteiger partial charge in [0.2, 0.25) is 0 Å². The first kappa shape index (κ1) is 11.5. The summed E-state index contributed by atoms with van der Waals surface area (Å²) in [6, 6.07) is 0.925. The Hall–Kier alpha value is -0.513. The van der Waals surface area contributed by atoms with E-state index in [1.54, 1.807) is 0 Å². The van der Waals surface area contributed by atoms with Crippen molar-refractivity contribution in [2.75, 3.05) is 6.61 Å². The van der Waals surface area contributed by atoms with Crippen LogP contribution in [-0.4, -0.2) is 21.1 Å². The zero-order valence-electron chi connectivity index (χ0n) is 8.35. The smallest absolute Gasteiger partial charge is 0.489 e. The van der Waals surface area contributed by atoms with Gasteiger partial charge in [-0.15, -0.1) is 0 Å². The monoisotopic (exact) mass is 190 g/mol. The summed E-state index contributed by atoms with van der Waals surface area (Å²) in [7, 11) is -1.76. The van der Waals surface area contributed by atoms with Crippen LogP contribution in [0.15, 0.2) is 0 Å². The lowest BCUT2D eigenvalue weighted by Crippen LogP contribution is -2.32. The summed E-state index contributed by atoms with van der Waals surface area (Å²) in [5.41, 5.74) is 0. The van der Waals surface area contributed by atoms with Crippen LogP contribution in [0.4, 0.5) is 4.79 Å². The fourth-order valence-electron chi connectivity index (χ4n) is 0.513. The first-order chi connectivity index (χ1) is 5.52. The van der Waals surface area contributed by atoms with E-state index in [1.807, 2.05) is 26.9 Å². The molecule has 0 atom stereocenters. The highest BCUT2D eigenvalue weighted by Gasteiger charge is 2.24. The normalized spacial score (nSPS) is 11.0. The third-order valence-corrected chi connectivity index (χ3v) is 4.06. The van der Waals surface area contributed by atoms with Crippen LogP contribution in [0.3, 0.4) is 0 Å². The Morgan fingerprint density at radius 2 is 1.92 bits per heavy atom. The van der Waals surface area contributed by atoms with Gasteiger partial charge in [0.25, 0.3) is 8.32 Å². The third kappa shape index (κ3) is 5.18. The topological polar surface area (TPSA) is 35.5 Å². The van der Waals surface area contributed by atoms with Gasteiger partial charge in [-0.3, -0.25) is 0 Å². The number of carbonyl (C=O) groups is 1. The van der Waals surface area contributed by atoms with Crippen molar-refractivity contribution in [3.05, 3.63) is 0 Å². The second-order valence-corrected chi connectivity index (χ2v) is 7.74. The molecule has 0 rings (SSSR count). The number of ether oxygens (including phenoxy) is 1. The molecule has 0 heterocycles. The van der Waals surface area contributed by atoms with Crippen LogP contribution in [-0.2, 0) is 9.16 Å². The van der Waals surface area contributed by atoms with Gasteiger partial charge in [-0.1, -0.05) is 13.8 Å². The Bertz CT molecular complexity index is 145. The molecule has 72 valence electrons. The van der Waals surface area contributed by atoms with E-state index < -0.39 is 14.5 Å². The molecule has 0 radical (unpaired) electrons. The van der Waals surface area contributed by atoms with Gasteiger partial charge in [0.1, 0.15) is 0 Å². The van der Waals surface area contributed by atoms with E-state index >= 15 is 0 Å². The lowest BCUT2D eigenvalue weighted by Gasteiger charge is -2.19. The SMILES string of the molecule is CCCOC(=O)O[Si](C)(C)CC. The largest absolute Gasteiger partial charge is 0.494 e. The lowest BCUT2D eigenvalue weighted by atomic mass is 10.5. The molecule has 0 N–H and O–H groups in total. The summed E-state index contributed by atoms with van der Waals surface area (Å²) in [6.45, 7) is 8.43. The molecule has 4 heteroatoms. The Morgan fingerprint density at radius 3 is 2.33 bits per heavy atom. The average Bonchev–Trinajstić information content (AvgIpc) is 2.00. The molecule has 0 saturated carbocycles. The van der Waals surface area contributed by atoms with Crippen LogP contribution in [0.5, 0.6) is 0 Å². The number of rotatable bonds is 4. The van der Waals surface area contributed by atoms with Gasteiger partial charge in [0.15, 0.2) is 0 Å². The quantitative estimate of drug-likeness (QED) is 0.505. The molecule has 12 heavy (non-hydrogen) atoms. The molecule has 0 saturated heterocycles. The van der Waals surface area contributed by atoms with Crippen molar-refractivity contribution in [1.82, 2.24) is 0 Å². The van der Waals surface area contributed by atoms with E-state index in [4.69, 9.17) is 9.16 Å². The lowest BCUT2D eigenvalue weighted by molar-refractivity contribution is 0.0966. The van der Waals surface area contributed by atoms with Crippen molar-refractivity contribution in [3.63, 3.8) is 0 Å². The van der Waals surface area contributed by atoms with E-state index in [2.05, 4.69) is 0 Å². The van der Waals surface area contributed by atoms with Crippen molar-refractivity contribution in [3.8, 4) is 0 Å². The molecule has 0 bridgehead atoms. The molecule has 0 aromatic heterocycles. The van der Waals surface area contributed by atoms with Crippen LogP contribution >= 0.6 is 0 Å². The van der Waals surface area contributed by atoms with Crippen molar-refractivity contribution in [2.45, 2.75) is 39.4 Å². The highest BCUT2D eigenvalue weighted by atomic mass is 28.4. The van der Waals surface area contributed by atoms with Crippen LogP contribution < -0.4 is 0 Å². The maximum atomic E-state index is 11.0. The Balaban J connectivity index is 3.68. The maximum absolute atomic E-state index is 11.0. The van der Waals surface area contributed by atoms with Gasteiger partial charge < -0.3 is 9.16 Å². The molecule has 0 unspecified atom stereocenters. The van der Waals surface area contributed by atoms with Crippen molar-refractivity contribution >= 4 is 14.5 Å². The molecule has 0 aliphatic carbocycles. The summed E-state index contributed by atoms with van der Waals surface area (Å²) in [5.74, 6) is 0. The van der Waals surface area contributed by atoms with E-state index in [0.717, 1.165) is 12.5 Å². The van der Waals surface area contributed by atoms with Gasteiger partial charge in [-0.2, -0.15) is 0 Å². The predicted molar refractivity (Wildman–Crippen MR) is 50.7 cm³/mol. The molecule has 0 spiro atoms. The van der Waals surface area contributed by atoms with Crippen LogP contribution in [0.1, 0.15) is 20.3 Å². The summed E-state index contributed by atoms with van der Waals surface area (Å²) >= 11 is 0. The standard InChI is InChI=1S/C8H18O3Si/c1-5-7-10-8(9)11-12(3,4)6-2/h5-7H2,1-4H3. The Labute approximate surface area is 75.2 Å². The fraction of sp³-hybridized carbons (Fsp3) is 0.875. The number of hydrogen-bond acceptors (Lipinski definition) is 3. The minimum Gasteiger partial charge on any atom is -0.489 e. The number of hydrogen-bond donors (Lipinski definition) is 0. The number of carbonyl (C=O) groups excluding carboxylic acids is 1. The average molecular weight is 190 g/mol. The molecule has 0 aromatic rings. The van der Waals surface area contributed by atoms with Crippen molar-refractivity contribution < 1.29 is 14.0 Å². The highest BCUT2D eigenvalue weighted by Crippen LogP contribution is 2.10. The van der Waals surface area contributed by atoms with Gasteiger partial charge in [-0.05, 0) is 25.6 Å². The van der Waals surface area contributed by atoms with Gasteiger partial charge >= 0.3 is 6.16 Å². The predicted octanol–water partition coefficient (Wildman–Crippen LogP) is 2.77. The van der Waals surface area contributed by atoms with E-state index in [1.165, 1.54) is 0 Å². The molecule has 0 fully saturated rings. The molecular formula is C8H18O3Si. The van der Waals surface area contributed by atoms with E-state index in [9.17, 15) is 4.79 Å². The zero-order valence-corrected chi connectivity index (χ0v) is 9.35. The minimum absolute atomic E-state index is 0.451. The maximum Gasteiger partial charge on any atom is 0.494 e. The van der Waals surface area contributed by atoms with E-state index in [-0.39, 0.29) is 0 Å². The zero-order chi connectivity index (χ0) is 9.61.